The summed E-state index contributed by atoms with van der Waals surface area (Å²) in [6.07, 6.45) is 0.456. The molecule has 6 rings (SSSR count). The van der Waals surface area contributed by atoms with Crippen LogP contribution < -0.4 is 18.9 Å². The summed E-state index contributed by atoms with van der Waals surface area (Å²) in [6, 6.07) is 1.41. The maximum atomic E-state index is 12.8. The van der Waals surface area contributed by atoms with Crippen molar-refractivity contribution in [2.24, 2.45) is 0 Å². The van der Waals surface area contributed by atoms with Crippen LogP contribution in [0.25, 0.3) is 0 Å². The number of rotatable bonds is 7. The largest absolute Gasteiger partial charge is 0.504 e. The molecule has 12 nitrogen and oxygen atoms in total. The fourth-order valence-corrected chi connectivity index (χ4v) is 9.14. The monoisotopic (exact) mass is 637 g/mol. The number of carbonyl (C=O) groups is 3. The van der Waals surface area contributed by atoms with Crippen molar-refractivity contribution in [2.75, 3.05) is 33.3 Å². The van der Waals surface area contributed by atoms with Gasteiger partial charge in [-0.3, -0.25) is 24.2 Å². The van der Waals surface area contributed by atoms with Crippen LogP contribution in [0.3, 0.4) is 0 Å². The van der Waals surface area contributed by atoms with E-state index >= 15 is 0 Å². The molecule has 4 aliphatic heterocycles. The maximum Gasteiger partial charge on any atom is 0.308 e. The summed E-state index contributed by atoms with van der Waals surface area (Å²) in [4.78, 5) is 41.4. The number of likely N-dealkylation sites (N-methyl/N-ethyl adjacent to an activating group) is 1. The van der Waals surface area contributed by atoms with Gasteiger partial charge in [0, 0.05) is 48.2 Å². The number of hydrogen-bond donors (Lipinski definition) is 2. The highest BCUT2D eigenvalue weighted by atomic mass is 32.2. The maximum absolute atomic E-state index is 12.8. The Bertz CT molecular complexity index is 1670. The molecule has 1 fully saturated rings. The average molecular weight is 638 g/mol. The number of methoxy groups -OCH3 is 1. The Morgan fingerprint density at radius 1 is 1.13 bits per heavy atom. The van der Waals surface area contributed by atoms with Gasteiger partial charge in [-0.2, -0.15) is 5.26 Å². The number of ketones is 2. The Balaban J connectivity index is 1.69. The van der Waals surface area contributed by atoms with Crippen molar-refractivity contribution in [3.63, 3.8) is 0 Å². The van der Waals surface area contributed by atoms with E-state index in [2.05, 4.69) is 11.0 Å². The first-order valence-corrected chi connectivity index (χ1v) is 15.7. The van der Waals surface area contributed by atoms with Gasteiger partial charge in [0.25, 0.3) is 0 Å². The van der Waals surface area contributed by atoms with Crippen LogP contribution in [0.2, 0.25) is 0 Å². The second-order valence-corrected chi connectivity index (χ2v) is 13.0. The Morgan fingerprint density at radius 2 is 1.84 bits per heavy atom. The van der Waals surface area contributed by atoms with Gasteiger partial charge in [0.1, 0.15) is 11.8 Å². The molecule has 4 aliphatic rings. The minimum atomic E-state index is -0.796. The zero-order valence-electron chi connectivity index (χ0n) is 25.9. The van der Waals surface area contributed by atoms with Crippen LogP contribution >= 0.6 is 11.8 Å². The van der Waals surface area contributed by atoms with E-state index < -0.39 is 53.6 Å². The number of nitriles is 1. The Labute approximate surface area is 264 Å². The van der Waals surface area contributed by atoms with E-state index in [1.807, 2.05) is 24.9 Å². The van der Waals surface area contributed by atoms with Gasteiger partial charge < -0.3 is 29.2 Å². The van der Waals surface area contributed by atoms with E-state index in [1.165, 1.54) is 32.7 Å². The standard InChI is InChI=1S/C32H35N3O9S/c1-13-7-17-8-18-19(9-33)35-20(10-36)23-24(29(44-16(4)38)14(2)30-31(23)43-12-42-30)32(45-11-21(39)15(3)37)26(35)25(34(18)5)22(17)27(40)28(13)41-6/h7,18-20,25-26,32,36,40H,8,10-12H2,1-6H3/t18-,19-,20-,25+,26?,32+/m0/s1. The molecule has 2 aromatic carbocycles. The molecule has 0 spiro atoms. The average Bonchev–Trinajstić information content (AvgIpc) is 3.48. The number of phenols is 1. The zero-order chi connectivity index (χ0) is 32.5. The van der Waals surface area contributed by atoms with Crippen molar-refractivity contribution in [3.05, 3.63) is 39.4 Å². The molecule has 1 saturated heterocycles. The molecule has 2 aromatic rings. The number of carbonyl (C=O) groups excluding carboxylic acids is 3. The summed E-state index contributed by atoms with van der Waals surface area (Å²) in [6.45, 7) is 5.58. The van der Waals surface area contributed by atoms with Crippen LogP contribution in [0.15, 0.2) is 6.07 Å². The lowest BCUT2D eigenvalue weighted by Crippen LogP contribution is -2.69. The van der Waals surface area contributed by atoms with E-state index in [0.29, 0.717) is 45.9 Å². The van der Waals surface area contributed by atoms with Crippen LogP contribution in [-0.2, 0) is 20.8 Å². The van der Waals surface area contributed by atoms with Gasteiger partial charge in [-0.25, -0.2) is 0 Å². The summed E-state index contributed by atoms with van der Waals surface area (Å²) in [5.74, 6) is -0.676. The number of aromatic hydroxyl groups is 1. The molecule has 0 saturated carbocycles. The third-order valence-electron chi connectivity index (χ3n) is 9.51. The number of phenolic OH excluding ortho intramolecular Hbond substituents is 1. The van der Waals surface area contributed by atoms with Gasteiger partial charge in [0.05, 0.1) is 42.9 Å². The molecule has 2 bridgehead atoms. The highest BCUT2D eigenvalue weighted by Crippen LogP contribution is 2.63. The van der Waals surface area contributed by atoms with Crippen molar-refractivity contribution in [3.8, 4) is 34.8 Å². The molecule has 2 N–H and O–H groups in total. The number of piperazine rings is 1. The first-order valence-electron chi connectivity index (χ1n) is 14.7. The number of aliphatic hydroxyl groups excluding tert-OH is 1. The van der Waals surface area contributed by atoms with E-state index in [4.69, 9.17) is 18.9 Å². The topological polar surface area (TPSA) is 159 Å². The summed E-state index contributed by atoms with van der Waals surface area (Å²) < 4.78 is 23.3. The van der Waals surface area contributed by atoms with Gasteiger partial charge >= 0.3 is 5.97 Å². The van der Waals surface area contributed by atoms with E-state index in [-0.39, 0.29) is 30.1 Å². The lowest BCUT2D eigenvalue weighted by Gasteiger charge is -2.61. The van der Waals surface area contributed by atoms with E-state index in [0.717, 1.165) is 11.1 Å². The van der Waals surface area contributed by atoms with Crippen molar-refractivity contribution >= 4 is 29.3 Å². The van der Waals surface area contributed by atoms with Crippen LogP contribution in [0.5, 0.6) is 28.7 Å². The van der Waals surface area contributed by atoms with Crippen LogP contribution in [0.4, 0.5) is 0 Å². The third-order valence-corrected chi connectivity index (χ3v) is 10.8. The van der Waals surface area contributed by atoms with Crippen molar-refractivity contribution < 1.29 is 43.5 Å². The molecular weight excluding hydrogens is 602 g/mol. The first kappa shape index (κ1) is 31.2. The van der Waals surface area contributed by atoms with Gasteiger partial charge in [-0.05, 0) is 38.4 Å². The predicted molar refractivity (Wildman–Crippen MR) is 162 cm³/mol. The number of benzene rings is 2. The molecule has 13 heteroatoms. The van der Waals surface area contributed by atoms with Gasteiger partial charge in [-0.15, -0.1) is 11.8 Å². The molecule has 0 amide bonds. The number of aryl methyl sites for hydroxylation is 1. The van der Waals surface area contributed by atoms with Gasteiger partial charge in [-0.1, -0.05) is 6.07 Å². The molecule has 45 heavy (non-hydrogen) atoms. The fourth-order valence-electron chi connectivity index (χ4n) is 7.72. The van der Waals surface area contributed by atoms with Crippen molar-refractivity contribution in [1.82, 2.24) is 9.80 Å². The summed E-state index contributed by atoms with van der Waals surface area (Å²) in [7, 11) is 3.39. The predicted octanol–water partition coefficient (Wildman–Crippen LogP) is 2.83. The van der Waals surface area contributed by atoms with Gasteiger partial charge in [0.2, 0.25) is 12.6 Å². The number of fused-ring (bicyclic) bond motifs is 9. The molecule has 6 atom stereocenters. The van der Waals surface area contributed by atoms with E-state index in [9.17, 15) is 29.9 Å². The number of nitrogens with zero attached hydrogens (tertiary/aromatic N) is 3. The number of aliphatic hydroxyl groups is 1. The molecule has 0 aliphatic carbocycles. The molecule has 238 valence electrons. The molecule has 0 aromatic heterocycles. The minimum Gasteiger partial charge on any atom is -0.504 e. The highest BCUT2D eigenvalue weighted by molar-refractivity contribution is 8.00. The Kier molecular flexibility index (Phi) is 7.97. The van der Waals surface area contributed by atoms with Crippen LogP contribution in [0, 0.1) is 25.2 Å². The highest BCUT2D eigenvalue weighted by Gasteiger charge is 2.60. The quantitative estimate of drug-likeness (QED) is 0.260. The van der Waals surface area contributed by atoms with Crippen LogP contribution in [0.1, 0.15) is 64.6 Å². The third kappa shape index (κ3) is 4.57. The van der Waals surface area contributed by atoms with E-state index in [1.54, 1.807) is 6.92 Å². The van der Waals surface area contributed by atoms with Gasteiger partial charge in [0.15, 0.2) is 28.8 Å². The zero-order valence-corrected chi connectivity index (χ0v) is 26.7. The summed E-state index contributed by atoms with van der Waals surface area (Å²) in [5.41, 5.74) is 3.77. The fraction of sp³-hybridized carbons (Fsp3) is 0.500. The number of ether oxygens (including phenoxy) is 4. The number of esters is 1. The summed E-state index contributed by atoms with van der Waals surface area (Å²) >= 11 is 1.19. The SMILES string of the molecule is COc1c(C)cc2c(c1O)[C@@H]1C3[C@H](SCC(=O)C(C)=O)c4c(OC(C)=O)c(C)c5c(c4[C@H](CO)N3[C@@H](C#N)[C@H](C2)N1C)OCO5. The lowest BCUT2D eigenvalue weighted by molar-refractivity contribution is -0.133. The Hall–Kier alpha value is -3.83. The number of hydrogen-bond acceptors (Lipinski definition) is 13. The van der Waals surface area contributed by atoms with Crippen LogP contribution in [-0.4, -0.2) is 89.0 Å². The molecule has 0 radical (unpaired) electrons. The number of thioether (sulfide) groups is 1. The second kappa shape index (κ2) is 11.5. The van der Waals surface area contributed by atoms with Crippen molar-refractivity contribution in [2.45, 2.75) is 69.6 Å². The molecular formula is C32H35N3O9S. The lowest BCUT2D eigenvalue weighted by atomic mass is 9.71. The minimum absolute atomic E-state index is 0.0184. The number of Topliss-reactive ketones (excluding diaryl/α,β-unsaturated/α-hetero) is 2. The second-order valence-electron chi connectivity index (χ2n) is 11.9. The smallest absolute Gasteiger partial charge is 0.308 e. The first-order chi connectivity index (χ1) is 21.5. The summed E-state index contributed by atoms with van der Waals surface area (Å²) in [5, 5.41) is 32.8. The Morgan fingerprint density at radius 3 is 2.47 bits per heavy atom. The van der Waals surface area contributed by atoms with Crippen molar-refractivity contribution in [1.29, 1.82) is 5.26 Å². The molecule has 4 heterocycles. The molecule has 1 unspecified atom stereocenters. The normalized spacial score (nSPS) is 26.3.